The molecular weight excluding hydrogens is 1480 g/mol. The lowest BCUT2D eigenvalue weighted by Crippen LogP contribution is -2.31. The van der Waals surface area contributed by atoms with Crippen molar-refractivity contribution < 1.29 is 157 Å². The Bertz CT molecular complexity index is 2240. The molecule has 0 aromatic heterocycles. The van der Waals surface area contributed by atoms with Crippen LogP contribution >= 0.6 is 0 Å². The van der Waals surface area contributed by atoms with E-state index in [0.717, 1.165) is 0 Å². The Kier molecular flexibility index (Phi) is 82.6. The van der Waals surface area contributed by atoms with Crippen LogP contribution in [0.2, 0.25) is 0 Å². The average molecular weight is 1620 g/mol. The first kappa shape index (κ1) is 104. The van der Waals surface area contributed by atoms with E-state index in [1.165, 1.54) is 6.92 Å². The van der Waals surface area contributed by atoms with E-state index in [2.05, 4.69) is 15.5 Å². The summed E-state index contributed by atoms with van der Waals surface area (Å²) in [7, 11) is 0. The first-order valence-electron chi connectivity index (χ1n) is 39.0. The van der Waals surface area contributed by atoms with Gasteiger partial charge in [0.05, 0.1) is 395 Å². The molecule has 0 heterocycles. The van der Waals surface area contributed by atoms with Crippen LogP contribution in [0.25, 0.3) is 0 Å². The molecule has 2 N–H and O–H groups in total. The number of Topliss-reactive ketones (excluding diaryl/α,β-unsaturated/α-hetero) is 1. The van der Waals surface area contributed by atoms with Gasteiger partial charge in [-0.1, -0.05) is 18.2 Å². The SMILES string of the molecule is CC(=O)C(N=Nc1ccc(OCCOCCOCCOCCOCCOCCOCCOCCOCCOCCOCCOCCOCCOCCOCCOCCOCCOCCOCCOCCOCCOCCOCCOCCOCCOCCOCCOCCOCCOCCO)cc1)C(=O)Nc1ccccc1. The molecule has 0 saturated carbocycles. The molecule has 652 valence electrons. The summed E-state index contributed by atoms with van der Waals surface area (Å²) in [5.41, 5.74) is 1.04. The van der Waals surface area contributed by atoms with Crippen molar-refractivity contribution in [1.29, 1.82) is 0 Å². The van der Waals surface area contributed by atoms with Crippen molar-refractivity contribution in [3.8, 4) is 5.75 Å². The summed E-state index contributed by atoms with van der Waals surface area (Å²) < 4.78 is 165. The van der Waals surface area contributed by atoms with E-state index in [9.17, 15) is 9.59 Å². The van der Waals surface area contributed by atoms with E-state index in [4.69, 9.17) is 147 Å². The van der Waals surface area contributed by atoms with Gasteiger partial charge in [-0.2, -0.15) is 10.2 Å². The smallest absolute Gasteiger partial charge is 0.258 e. The first-order valence-corrected chi connectivity index (χ1v) is 39.0. The van der Waals surface area contributed by atoms with Gasteiger partial charge in [-0.25, -0.2) is 0 Å². The topological polar surface area (TPSA) is 368 Å². The van der Waals surface area contributed by atoms with Gasteiger partial charge in [-0.05, 0) is 43.3 Å². The monoisotopic (exact) mass is 1620 g/mol. The van der Waals surface area contributed by atoms with Crippen LogP contribution in [-0.4, -0.2) is 419 Å². The summed E-state index contributed by atoms with van der Waals surface area (Å²) in [6.07, 6.45) is 0. The molecule has 1 amide bonds. The van der Waals surface area contributed by atoms with Crippen molar-refractivity contribution >= 4 is 23.1 Å². The number of anilines is 1. The molecule has 0 bridgehead atoms. The fourth-order valence-electron chi connectivity index (χ4n) is 8.33. The molecule has 1 unspecified atom stereocenters. The lowest BCUT2D eigenvalue weighted by molar-refractivity contribution is -0.126. The number of ketones is 1. The van der Waals surface area contributed by atoms with E-state index < -0.39 is 17.7 Å². The van der Waals surface area contributed by atoms with E-state index in [1.807, 2.05) is 6.07 Å². The van der Waals surface area contributed by atoms with E-state index >= 15 is 0 Å². The number of aliphatic hydroxyl groups is 1. The minimum Gasteiger partial charge on any atom is -0.491 e. The highest BCUT2D eigenvalue weighted by Gasteiger charge is 2.23. The maximum absolute atomic E-state index is 12.5. The number of benzene rings is 2. The van der Waals surface area contributed by atoms with Crippen molar-refractivity contribution in [2.45, 2.75) is 13.0 Å². The number of ether oxygens (including phenoxy) is 30. The normalized spacial score (nSPS) is 12.0. The van der Waals surface area contributed by atoms with Crippen molar-refractivity contribution in [3.05, 3.63) is 54.6 Å². The molecule has 2 rings (SSSR count). The number of carbonyl (C=O) groups excluding carboxylic acids is 2. The maximum Gasteiger partial charge on any atom is 0.258 e. The largest absolute Gasteiger partial charge is 0.491 e. The van der Waals surface area contributed by atoms with Gasteiger partial charge in [0.2, 0.25) is 6.04 Å². The summed E-state index contributed by atoms with van der Waals surface area (Å²) in [6.45, 7) is 28.8. The molecule has 112 heavy (non-hydrogen) atoms. The summed E-state index contributed by atoms with van der Waals surface area (Å²) in [5.74, 6) is -0.351. The molecule has 0 fully saturated rings. The quantitative estimate of drug-likeness (QED) is 0.0545. The fraction of sp³-hybridized carbons (Fsp3) is 0.816. The number of nitrogens with one attached hydrogen (secondary N) is 1. The molecule has 0 radical (unpaired) electrons. The van der Waals surface area contributed by atoms with Crippen LogP contribution in [-0.2, 0) is 147 Å². The molecule has 36 heteroatoms. The summed E-state index contributed by atoms with van der Waals surface area (Å²) in [4.78, 5) is 24.6. The van der Waals surface area contributed by atoms with Crippen LogP contribution in [0.15, 0.2) is 64.8 Å². The third-order valence-corrected chi connectivity index (χ3v) is 13.9. The van der Waals surface area contributed by atoms with Gasteiger partial charge in [0, 0.05) is 5.69 Å². The Labute approximate surface area is 662 Å². The highest BCUT2D eigenvalue weighted by molar-refractivity contribution is 6.10. The number of hydrogen-bond acceptors (Lipinski definition) is 35. The molecule has 0 aliphatic carbocycles. The summed E-state index contributed by atoms with van der Waals surface area (Å²) in [6, 6.07) is 14.4. The standard InChI is InChI=1S/C76H135N3O33/c1-71(81)75(76(82)77-72-5-3-2-4-6-72)79-78-73-7-9-74(10-8-73)112-70-69-111-68-67-110-66-65-109-64-63-108-62-61-107-60-59-106-58-57-105-56-55-104-54-53-103-52-51-102-50-49-101-48-47-100-46-45-99-44-43-98-42-41-97-40-39-96-38-37-95-36-35-94-34-33-93-32-31-92-30-29-91-28-27-90-26-25-89-24-23-88-22-21-87-20-19-86-18-17-85-16-15-84-14-13-83-12-11-80/h2-10,75,80H,11-70H2,1H3,(H,77,82). The van der Waals surface area contributed by atoms with Gasteiger partial charge in [0.15, 0.2) is 5.78 Å². The Balaban J connectivity index is 1.11. The second-order valence-corrected chi connectivity index (χ2v) is 22.9. The third-order valence-electron chi connectivity index (χ3n) is 13.9. The van der Waals surface area contributed by atoms with Crippen molar-refractivity contribution in [2.24, 2.45) is 10.2 Å². The van der Waals surface area contributed by atoms with Gasteiger partial charge < -0.3 is 153 Å². The van der Waals surface area contributed by atoms with Gasteiger partial charge in [-0.15, -0.1) is 0 Å². The zero-order chi connectivity index (χ0) is 79.6. The summed E-state index contributed by atoms with van der Waals surface area (Å²) in [5, 5.41) is 19.3. The molecule has 0 spiro atoms. The number of amides is 1. The lowest BCUT2D eigenvalue weighted by atomic mass is 10.2. The molecule has 0 saturated heterocycles. The van der Waals surface area contributed by atoms with Gasteiger partial charge >= 0.3 is 0 Å². The molecule has 0 aliphatic heterocycles. The predicted molar refractivity (Wildman–Crippen MR) is 407 cm³/mol. The van der Waals surface area contributed by atoms with Crippen LogP contribution in [0, 0.1) is 0 Å². The number of azo groups is 1. The van der Waals surface area contributed by atoms with Crippen molar-refractivity contribution in [1.82, 2.24) is 0 Å². The molecule has 2 aromatic carbocycles. The Morgan fingerprint density at radius 2 is 0.438 bits per heavy atom. The zero-order valence-electron chi connectivity index (χ0n) is 66.6. The lowest BCUT2D eigenvalue weighted by Gasteiger charge is -2.09. The number of nitrogens with zero attached hydrogens (tertiary/aromatic N) is 2. The molecule has 36 nitrogen and oxygen atoms in total. The number of para-hydroxylation sites is 1. The van der Waals surface area contributed by atoms with Crippen LogP contribution in [0.1, 0.15) is 6.92 Å². The molecule has 2 aromatic rings. The predicted octanol–water partition coefficient (Wildman–Crippen LogP) is 3.22. The van der Waals surface area contributed by atoms with Crippen LogP contribution < -0.4 is 10.1 Å². The van der Waals surface area contributed by atoms with Gasteiger partial charge in [-0.3, -0.25) is 9.59 Å². The Morgan fingerprint density at radius 1 is 0.259 bits per heavy atom. The minimum absolute atomic E-state index is 0.0146. The second-order valence-electron chi connectivity index (χ2n) is 22.9. The number of hydrogen-bond donors (Lipinski definition) is 2. The Morgan fingerprint density at radius 3 is 0.616 bits per heavy atom. The van der Waals surface area contributed by atoms with E-state index in [1.54, 1.807) is 48.5 Å². The highest BCUT2D eigenvalue weighted by atomic mass is 16.6. The molecule has 1 atom stereocenters. The van der Waals surface area contributed by atoms with E-state index in [0.29, 0.717) is 407 Å². The zero-order valence-corrected chi connectivity index (χ0v) is 66.6. The maximum atomic E-state index is 12.5. The fourth-order valence-corrected chi connectivity index (χ4v) is 8.33. The number of rotatable bonds is 95. The van der Waals surface area contributed by atoms with Crippen LogP contribution in [0.5, 0.6) is 5.75 Å². The molecular formula is C76H135N3O33. The molecule has 0 aliphatic rings. The highest BCUT2D eigenvalue weighted by Crippen LogP contribution is 2.19. The van der Waals surface area contributed by atoms with E-state index in [-0.39, 0.29) is 6.61 Å². The van der Waals surface area contributed by atoms with Crippen LogP contribution in [0.4, 0.5) is 11.4 Å². The number of aliphatic hydroxyl groups excluding tert-OH is 1. The summed E-state index contributed by atoms with van der Waals surface area (Å²) >= 11 is 0. The van der Waals surface area contributed by atoms with Gasteiger partial charge in [0.1, 0.15) is 12.4 Å². The second kappa shape index (κ2) is 89.1. The minimum atomic E-state index is -1.26. The van der Waals surface area contributed by atoms with Crippen molar-refractivity contribution in [3.63, 3.8) is 0 Å². The van der Waals surface area contributed by atoms with Gasteiger partial charge in [0.25, 0.3) is 5.91 Å². The first-order chi connectivity index (χ1) is 55.6. The van der Waals surface area contributed by atoms with Crippen molar-refractivity contribution in [2.75, 3.05) is 402 Å². The average Bonchev–Trinajstić information content (AvgIpc) is 0.878. The number of carbonyl (C=O) groups is 2. The van der Waals surface area contributed by atoms with Crippen LogP contribution in [0.3, 0.4) is 0 Å². The third kappa shape index (κ3) is 78.3. The Hall–Kier alpha value is -4.22.